The van der Waals surface area contributed by atoms with Gasteiger partial charge in [-0.2, -0.15) is 0 Å². The maximum Gasteiger partial charge on any atom is 0.126 e. The van der Waals surface area contributed by atoms with Crippen molar-refractivity contribution < 1.29 is 5.11 Å². The zero-order valence-corrected chi connectivity index (χ0v) is 11.4. The van der Waals surface area contributed by atoms with Gasteiger partial charge in [0.1, 0.15) is 5.82 Å². The molecule has 0 bridgehead atoms. The number of fused-ring (bicyclic) bond motifs is 1. The van der Waals surface area contributed by atoms with Gasteiger partial charge in [0.25, 0.3) is 0 Å². The molecule has 18 heavy (non-hydrogen) atoms. The number of imidazole rings is 1. The Morgan fingerprint density at radius 1 is 1.39 bits per heavy atom. The number of rotatable bonds is 4. The van der Waals surface area contributed by atoms with Gasteiger partial charge in [-0.1, -0.05) is 12.1 Å². The Hall–Kier alpha value is -1.39. The molecule has 2 rings (SSSR count). The molecule has 1 atom stereocenters. The molecule has 0 amide bonds. The number of aliphatic hydroxyl groups is 1. The molecule has 0 saturated carbocycles. The van der Waals surface area contributed by atoms with Crippen LogP contribution in [0.3, 0.4) is 0 Å². The highest BCUT2D eigenvalue weighted by molar-refractivity contribution is 5.75. The van der Waals surface area contributed by atoms with Crippen LogP contribution >= 0.6 is 0 Å². The largest absolute Gasteiger partial charge is 0.389 e. The van der Waals surface area contributed by atoms with E-state index in [1.165, 1.54) is 0 Å². The minimum absolute atomic E-state index is 0.105. The van der Waals surface area contributed by atoms with E-state index in [4.69, 9.17) is 0 Å². The molecule has 0 saturated heterocycles. The number of aromatic nitrogens is 2. The van der Waals surface area contributed by atoms with E-state index in [0.29, 0.717) is 6.54 Å². The lowest BCUT2D eigenvalue weighted by Gasteiger charge is -2.21. The summed E-state index contributed by atoms with van der Waals surface area (Å²) in [7, 11) is 2.02. The van der Waals surface area contributed by atoms with Crippen molar-refractivity contribution in [3.8, 4) is 0 Å². The Labute approximate surface area is 108 Å². The van der Waals surface area contributed by atoms with Gasteiger partial charge in [-0.25, -0.2) is 4.98 Å². The summed E-state index contributed by atoms with van der Waals surface area (Å²) >= 11 is 0. The summed E-state index contributed by atoms with van der Waals surface area (Å²) in [6, 6.07) is 8.20. The van der Waals surface area contributed by atoms with E-state index in [1.54, 1.807) is 13.8 Å². The summed E-state index contributed by atoms with van der Waals surface area (Å²) in [5.74, 6) is 0.987. The smallest absolute Gasteiger partial charge is 0.126 e. The van der Waals surface area contributed by atoms with E-state index in [1.807, 2.05) is 25.2 Å². The first-order valence-corrected chi connectivity index (χ1v) is 6.25. The Balaban J connectivity index is 2.23. The van der Waals surface area contributed by atoms with Crippen LogP contribution in [0.4, 0.5) is 0 Å². The Bertz CT molecular complexity index is 539. The standard InChI is InChI=1S/C14H21N3O/c1-10(15-9-14(2,3)18)13-16-11-7-5-6-8-12(11)17(13)4/h5-8,10,15,18H,9H2,1-4H3. The lowest BCUT2D eigenvalue weighted by molar-refractivity contribution is 0.0766. The van der Waals surface area contributed by atoms with Crippen molar-refractivity contribution in [2.75, 3.05) is 6.54 Å². The number of para-hydroxylation sites is 2. The fraction of sp³-hybridized carbons (Fsp3) is 0.500. The summed E-state index contributed by atoms with van der Waals surface area (Å²) in [6.07, 6.45) is 0. The topological polar surface area (TPSA) is 50.1 Å². The van der Waals surface area contributed by atoms with Crippen LogP contribution in [0.2, 0.25) is 0 Å². The van der Waals surface area contributed by atoms with E-state index >= 15 is 0 Å². The van der Waals surface area contributed by atoms with Gasteiger partial charge >= 0.3 is 0 Å². The average Bonchev–Trinajstić information content (AvgIpc) is 2.64. The van der Waals surface area contributed by atoms with E-state index < -0.39 is 5.60 Å². The number of hydrogen-bond acceptors (Lipinski definition) is 3. The van der Waals surface area contributed by atoms with Crippen molar-refractivity contribution in [3.05, 3.63) is 30.1 Å². The molecular weight excluding hydrogens is 226 g/mol. The predicted octanol–water partition coefficient (Wildman–Crippen LogP) is 1.99. The van der Waals surface area contributed by atoms with Gasteiger partial charge in [-0.05, 0) is 32.9 Å². The van der Waals surface area contributed by atoms with Crippen molar-refractivity contribution in [2.45, 2.75) is 32.4 Å². The van der Waals surface area contributed by atoms with Crippen molar-refractivity contribution in [2.24, 2.45) is 7.05 Å². The molecule has 2 N–H and O–H groups in total. The lowest BCUT2D eigenvalue weighted by atomic mass is 10.1. The summed E-state index contributed by atoms with van der Waals surface area (Å²) in [6.45, 7) is 6.19. The van der Waals surface area contributed by atoms with Crippen LogP contribution in [0.15, 0.2) is 24.3 Å². The van der Waals surface area contributed by atoms with Crippen molar-refractivity contribution in [1.29, 1.82) is 0 Å². The minimum Gasteiger partial charge on any atom is -0.389 e. The Morgan fingerprint density at radius 2 is 2.06 bits per heavy atom. The molecule has 0 aliphatic rings. The number of nitrogens with one attached hydrogen (secondary N) is 1. The van der Waals surface area contributed by atoms with Crippen LogP contribution in [-0.4, -0.2) is 26.8 Å². The monoisotopic (exact) mass is 247 g/mol. The quantitative estimate of drug-likeness (QED) is 0.868. The molecule has 4 heteroatoms. The summed E-state index contributed by atoms with van der Waals surface area (Å²) < 4.78 is 2.09. The van der Waals surface area contributed by atoms with Gasteiger partial charge < -0.3 is 15.0 Å². The first-order valence-electron chi connectivity index (χ1n) is 6.25. The van der Waals surface area contributed by atoms with Gasteiger partial charge in [0, 0.05) is 13.6 Å². The van der Waals surface area contributed by atoms with Crippen molar-refractivity contribution >= 4 is 11.0 Å². The third kappa shape index (κ3) is 2.71. The fourth-order valence-corrected chi connectivity index (χ4v) is 2.05. The van der Waals surface area contributed by atoms with E-state index in [0.717, 1.165) is 16.9 Å². The molecular formula is C14H21N3O. The normalized spacial score (nSPS) is 14.1. The average molecular weight is 247 g/mol. The molecule has 4 nitrogen and oxygen atoms in total. The second kappa shape index (κ2) is 4.71. The number of aryl methyl sites for hydroxylation is 1. The fourth-order valence-electron chi connectivity index (χ4n) is 2.05. The predicted molar refractivity (Wildman–Crippen MR) is 73.4 cm³/mol. The maximum atomic E-state index is 9.73. The van der Waals surface area contributed by atoms with Crippen LogP contribution in [0.1, 0.15) is 32.6 Å². The molecule has 1 aromatic heterocycles. The highest BCUT2D eigenvalue weighted by Gasteiger charge is 2.18. The first kappa shape index (κ1) is 13.1. The van der Waals surface area contributed by atoms with Gasteiger partial charge in [0.15, 0.2) is 0 Å². The third-order valence-electron chi connectivity index (χ3n) is 3.05. The van der Waals surface area contributed by atoms with Gasteiger partial charge in [-0.15, -0.1) is 0 Å². The second-order valence-corrected chi connectivity index (χ2v) is 5.43. The van der Waals surface area contributed by atoms with Gasteiger partial charge in [-0.3, -0.25) is 0 Å². The molecule has 0 fully saturated rings. The third-order valence-corrected chi connectivity index (χ3v) is 3.05. The zero-order chi connectivity index (χ0) is 13.3. The molecule has 98 valence electrons. The number of benzene rings is 1. The van der Waals surface area contributed by atoms with Gasteiger partial charge in [0.2, 0.25) is 0 Å². The number of hydrogen-bond donors (Lipinski definition) is 2. The van der Waals surface area contributed by atoms with Crippen LogP contribution in [0, 0.1) is 0 Å². The molecule has 1 aromatic carbocycles. The molecule has 0 aliphatic heterocycles. The van der Waals surface area contributed by atoms with Gasteiger partial charge in [0.05, 0.1) is 22.7 Å². The SMILES string of the molecule is CC(NCC(C)(C)O)c1nc2ccccc2n1C. The van der Waals surface area contributed by atoms with Crippen molar-refractivity contribution in [1.82, 2.24) is 14.9 Å². The minimum atomic E-state index is -0.709. The van der Waals surface area contributed by atoms with Crippen LogP contribution in [0.25, 0.3) is 11.0 Å². The Kier molecular flexibility index (Phi) is 3.41. The molecule has 0 radical (unpaired) electrons. The van der Waals surface area contributed by atoms with Crippen LogP contribution in [-0.2, 0) is 7.05 Å². The molecule has 0 aliphatic carbocycles. The van der Waals surface area contributed by atoms with E-state index in [2.05, 4.69) is 27.9 Å². The summed E-state index contributed by atoms with van der Waals surface area (Å²) in [5.41, 5.74) is 1.43. The molecule has 0 spiro atoms. The Morgan fingerprint density at radius 3 is 2.67 bits per heavy atom. The van der Waals surface area contributed by atoms with Crippen LogP contribution in [0.5, 0.6) is 0 Å². The zero-order valence-electron chi connectivity index (χ0n) is 11.4. The second-order valence-electron chi connectivity index (χ2n) is 5.43. The lowest BCUT2D eigenvalue weighted by Crippen LogP contribution is -2.36. The molecule has 1 heterocycles. The molecule has 2 aromatic rings. The van der Waals surface area contributed by atoms with E-state index in [9.17, 15) is 5.11 Å². The highest BCUT2D eigenvalue weighted by Crippen LogP contribution is 2.19. The van der Waals surface area contributed by atoms with Crippen molar-refractivity contribution in [3.63, 3.8) is 0 Å². The summed E-state index contributed by atoms with van der Waals surface area (Å²) in [4.78, 5) is 4.63. The first-order chi connectivity index (χ1) is 8.38. The molecule has 1 unspecified atom stereocenters. The van der Waals surface area contributed by atoms with E-state index in [-0.39, 0.29) is 6.04 Å². The maximum absolute atomic E-state index is 9.73. The summed E-state index contributed by atoms with van der Waals surface area (Å²) in [5, 5.41) is 13.0. The van der Waals surface area contributed by atoms with Crippen LogP contribution < -0.4 is 5.32 Å². The number of nitrogens with zero attached hydrogens (tertiary/aromatic N) is 2. The highest BCUT2D eigenvalue weighted by atomic mass is 16.3.